The van der Waals surface area contributed by atoms with Crippen LogP contribution in [0, 0.1) is 0 Å². The van der Waals surface area contributed by atoms with Crippen molar-refractivity contribution in [2.24, 2.45) is 0 Å². The molecule has 2 rings (SSSR count). The summed E-state index contributed by atoms with van der Waals surface area (Å²) in [4.78, 5) is 23.8. The highest BCUT2D eigenvalue weighted by Crippen LogP contribution is 2.30. The van der Waals surface area contributed by atoms with E-state index in [4.69, 9.17) is 9.47 Å². The van der Waals surface area contributed by atoms with Crippen LogP contribution in [0.3, 0.4) is 0 Å². The maximum atomic E-state index is 12.5. The minimum Gasteiger partial charge on any atom is -0.493 e. The first-order valence-electron chi connectivity index (χ1n) is 7.72. The van der Waals surface area contributed by atoms with Gasteiger partial charge >= 0.3 is 6.18 Å². The number of carbonyl (C=O) groups excluding carboxylic acids is 2. The lowest BCUT2D eigenvalue weighted by atomic mass is 10.2. The quantitative estimate of drug-likeness (QED) is 0.747. The number of halogens is 3. The number of benzene rings is 2. The Hall–Kier alpha value is -3.23. The number of hydrogen-bond donors (Lipinski definition) is 2. The van der Waals surface area contributed by atoms with E-state index in [9.17, 15) is 22.8 Å². The van der Waals surface area contributed by atoms with E-state index in [0.29, 0.717) is 17.2 Å². The number of alkyl halides is 3. The molecule has 9 heteroatoms. The molecule has 2 N–H and O–H groups in total. The van der Waals surface area contributed by atoms with Crippen molar-refractivity contribution in [3.63, 3.8) is 0 Å². The van der Waals surface area contributed by atoms with Gasteiger partial charge in [-0.2, -0.15) is 13.2 Å². The highest BCUT2D eigenvalue weighted by Gasteiger charge is 2.30. The van der Waals surface area contributed by atoms with Gasteiger partial charge in [0.1, 0.15) is 6.42 Å². The zero-order chi connectivity index (χ0) is 20.0. The van der Waals surface area contributed by atoms with Crippen LogP contribution in [0.1, 0.15) is 12.0 Å². The number of anilines is 2. The molecule has 0 spiro atoms. The molecule has 0 heterocycles. The van der Waals surface area contributed by atoms with Crippen molar-refractivity contribution in [1.82, 2.24) is 0 Å². The Bertz CT molecular complexity index is 820. The summed E-state index contributed by atoms with van der Waals surface area (Å²) in [6.07, 6.45) is -4.96. The van der Waals surface area contributed by atoms with Crippen molar-refractivity contribution in [2.45, 2.75) is 12.6 Å². The average molecular weight is 382 g/mol. The Morgan fingerprint density at radius 3 is 1.89 bits per heavy atom. The molecule has 2 aromatic carbocycles. The first-order valence-corrected chi connectivity index (χ1v) is 7.72. The zero-order valence-corrected chi connectivity index (χ0v) is 14.5. The minimum atomic E-state index is -4.46. The zero-order valence-electron chi connectivity index (χ0n) is 14.5. The van der Waals surface area contributed by atoms with Gasteiger partial charge in [0.15, 0.2) is 11.5 Å². The Labute approximate surface area is 153 Å². The summed E-state index contributed by atoms with van der Waals surface area (Å²) in [6, 6.07) is 8.63. The largest absolute Gasteiger partial charge is 0.493 e. The van der Waals surface area contributed by atoms with E-state index in [-0.39, 0.29) is 5.69 Å². The first kappa shape index (κ1) is 20.1. The predicted molar refractivity (Wildman–Crippen MR) is 92.9 cm³/mol. The van der Waals surface area contributed by atoms with Gasteiger partial charge in [0, 0.05) is 17.4 Å². The van der Waals surface area contributed by atoms with Crippen LogP contribution in [-0.4, -0.2) is 26.0 Å². The summed E-state index contributed by atoms with van der Waals surface area (Å²) >= 11 is 0. The topological polar surface area (TPSA) is 76.7 Å². The third-order valence-electron chi connectivity index (χ3n) is 3.48. The molecular formula is C18H17F3N2O4. The third kappa shape index (κ3) is 5.63. The van der Waals surface area contributed by atoms with Crippen LogP contribution < -0.4 is 20.1 Å². The summed E-state index contributed by atoms with van der Waals surface area (Å²) in [5.41, 5.74) is -0.265. The average Bonchev–Trinajstić information content (AvgIpc) is 2.61. The Balaban J connectivity index is 1.93. The van der Waals surface area contributed by atoms with Crippen molar-refractivity contribution in [2.75, 3.05) is 24.9 Å². The Morgan fingerprint density at radius 1 is 0.852 bits per heavy atom. The van der Waals surface area contributed by atoms with E-state index in [1.807, 2.05) is 0 Å². The molecule has 0 saturated heterocycles. The fourth-order valence-corrected chi connectivity index (χ4v) is 2.21. The van der Waals surface area contributed by atoms with E-state index < -0.39 is 30.0 Å². The second-order valence-corrected chi connectivity index (χ2v) is 5.42. The molecule has 0 aliphatic carbocycles. The van der Waals surface area contributed by atoms with E-state index in [0.717, 1.165) is 24.3 Å². The van der Waals surface area contributed by atoms with Crippen LogP contribution in [0.25, 0.3) is 0 Å². The van der Waals surface area contributed by atoms with Gasteiger partial charge in [-0.25, -0.2) is 0 Å². The van der Waals surface area contributed by atoms with Crippen LogP contribution >= 0.6 is 0 Å². The molecule has 0 aromatic heterocycles. The standard InChI is InChI=1S/C18H17F3N2O4/c1-26-14-8-7-13(9-15(14)27-2)23-17(25)10-16(24)22-12-5-3-11(4-6-12)18(19,20)21/h3-9H,10H2,1-2H3,(H,22,24)(H,23,25). The lowest BCUT2D eigenvalue weighted by Crippen LogP contribution is -2.21. The minimum absolute atomic E-state index is 0.159. The van der Waals surface area contributed by atoms with Crippen molar-refractivity contribution in [3.05, 3.63) is 48.0 Å². The van der Waals surface area contributed by atoms with E-state index >= 15 is 0 Å². The van der Waals surface area contributed by atoms with Crippen LogP contribution in [0.4, 0.5) is 24.5 Å². The van der Waals surface area contributed by atoms with Gasteiger partial charge in [-0.1, -0.05) is 0 Å². The summed E-state index contributed by atoms with van der Waals surface area (Å²) in [6.45, 7) is 0. The van der Waals surface area contributed by atoms with E-state index in [1.54, 1.807) is 12.1 Å². The SMILES string of the molecule is COc1ccc(NC(=O)CC(=O)Nc2ccc(C(F)(F)F)cc2)cc1OC. The number of rotatable bonds is 6. The second kappa shape index (κ2) is 8.43. The van der Waals surface area contributed by atoms with Gasteiger partial charge in [0.2, 0.25) is 11.8 Å². The lowest BCUT2D eigenvalue weighted by molar-refractivity contribution is -0.137. The highest BCUT2D eigenvalue weighted by molar-refractivity contribution is 6.08. The van der Waals surface area contributed by atoms with Gasteiger partial charge in [0.25, 0.3) is 0 Å². The molecule has 2 aromatic rings. The van der Waals surface area contributed by atoms with Crippen LogP contribution in [0.5, 0.6) is 11.5 Å². The Kier molecular flexibility index (Phi) is 6.27. The molecule has 6 nitrogen and oxygen atoms in total. The molecule has 0 bridgehead atoms. The third-order valence-corrected chi connectivity index (χ3v) is 3.48. The van der Waals surface area contributed by atoms with Crippen LogP contribution in [0.15, 0.2) is 42.5 Å². The van der Waals surface area contributed by atoms with Gasteiger partial charge < -0.3 is 20.1 Å². The second-order valence-electron chi connectivity index (χ2n) is 5.42. The summed E-state index contributed by atoms with van der Waals surface area (Å²) < 4.78 is 47.7. The fourth-order valence-electron chi connectivity index (χ4n) is 2.21. The van der Waals surface area contributed by atoms with Gasteiger partial charge in [-0.05, 0) is 36.4 Å². The van der Waals surface area contributed by atoms with Crippen LogP contribution in [-0.2, 0) is 15.8 Å². The molecule has 0 atom stereocenters. The monoisotopic (exact) mass is 382 g/mol. The number of methoxy groups -OCH3 is 2. The molecule has 0 saturated carbocycles. The normalized spacial score (nSPS) is 10.9. The Morgan fingerprint density at radius 2 is 1.37 bits per heavy atom. The smallest absolute Gasteiger partial charge is 0.416 e. The first-order chi connectivity index (χ1) is 12.7. The van der Waals surface area contributed by atoms with Crippen molar-refractivity contribution < 1.29 is 32.2 Å². The summed E-state index contributed by atoms with van der Waals surface area (Å²) in [5, 5.41) is 4.90. The number of carbonyl (C=O) groups is 2. The molecule has 0 radical (unpaired) electrons. The summed E-state index contributed by atoms with van der Waals surface area (Å²) in [5.74, 6) is -0.362. The van der Waals surface area contributed by atoms with E-state index in [1.165, 1.54) is 20.3 Å². The number of ether oxygens (including phenoxy) is 2. The highest BCUT2D eigenvalue weighted by atomic mass is 19.4. The van der Waals surface area contributed by atoms with Crippen molar-refractivity contribution in [3.8, 4) is 11.5 Å². The number of amides is 2. The van der Waals surface area contributed by atoms with Gasteiger partial charge in [-0.15, -0.1) is 0 Å². The molecule has 0 unspecified atom stereocenters. The van der Waals surface area contributed by atoms with Crippen molar-refractivity contribution in [1.29, 1.82) is 0 Å². The van der Waals surface area contributed by atoms with Crippen LogP contribution in [0.2, 0.25) is 0 Å². The maximum absolute atomic E-state index is 12.5. The predicted octanol–water partition coefficient (Wildman–Crippen LogP) is 3.69. The lowest BCUT2D eigenvalue weighted by Gasteiger charge is -2.11. The fraction of sp³-hybridized carbons (Fsp3) is 0.222. The molecule has 0 aliphatic rings. The van der Waals surface area contributed by atoms with Gasteiger partial charge in [-0.3, -0.25) is 9.59 Å². The maximum Gasteiger partial charge on any atom is 0.416 e. The molecule has 2 amide bonds. The van der Waals surface area contributed by atoms with Crippen molar-refractivity contribution >= 4 is 23.2 Å². The van der Waals surface area contributed by atoms with E-state index in [2.05, 4.69) is 10.6 Å². The molecule has 144 valence electrons. The molecule has 0 fully saturated rings. The molecule has 27 heavy (non-hydrogen) atoms. The number of hydrogen-bond acceptors (Lipinski definition) is 4. The number of nitrogens with one attached hydrogen (secondary N) is 2. The molecular weight excluding hydrogens is 365 g/mol. The van der Waals surface area contributed by atoms with Gasteiger partial charge in [0.05, 0.1) is 19.8 Å². The molecule has 0 aliphatic heterocycles. The summed E-state index contributed by atoms with van der Waals surface area (Å²) in [7, 11) is 2.92.